The van der Waals surface area contributed by atoms with E-state index in [9.17, 15) is 14.4 Å². The fraction of sp³-hybridized carbons (Fsp3) is 0.545. The Morgan fingerprint density at radius 3 is 2.33 bits per heavy atom. The molecule has 2 fully saturated rings. The molecule has 0 saturated carbocycles. The number of ether oxygens (including phenoxy) is 1. The number of morpholine rings is 1. The Kier molecular flexibility index (Phi) is 6.06. The summed E-state index contributed by atoms with van der Waals surface area (Å²) in [5.41, 5.74) is -0.552. The van der Waals surface area contributed by atoms with Crippen LogP contribution in [0.3, 0.4) is 0 Å². The van der Waals surface area contributed by atoms with E-state index in [2.05, 4.69) is 10.3 Å². The average molecular weight is 456 g/mol. The van der Waals surface area contributed by atoms with E-state index >= 15 is 0 Å². The molecule has 33 heavy (non-hydrogen) atoms. The summed E-state index contributed by atoms with van der Waals surface area (Å²) in [5.74, 6) is -0.681. The first kappa shape index (κ1) is 23.4. The van der Waals surface area contributed by atoms with Gasteiger partial charge in [0.1, 0.15) is 5.82 Å². The highest BCUT2D eigenvalue weighted by Gasteiger charge is 2.55. The molecule has 10 nitrogen and oxygen atoms in total. The van der Waals surface area contributed by atoms with Gasteiger partial charge in [0.2, 0.25) is 0 Å². The number of rotatable bonds is 4. The lowest BCUT2D eigenvalue weighted by Crippen LogP contribution is -2.51. The molecule has 176 valence electrons. The van der Waals surface area contributed by atoms with Gasteiger partial charge in [0.25, 0.3) is 11.8 Å². The standard InChI is InChI=1S/C22H29BN4O6/c1-21(2)22(3,4)33-23(32-21)15-13-26(5)20(30)17(18(15)28)25-16-7-6-14(12-24-16)19(29)27-8-10-31-11-9-27/h6-7,12-13,17H,8-11H2,1-5H3,(H,24,25). The van der Waals surface area contributed by atoms with Crippen LogP contribution >= 0.6 is 0 Å². The van der Waals surface area contributed by atoms with Crippen molar-refractivity contribution in [2.75, 3.05) is 38.7 Å². The Morgan fingerprint density at radius 1 is 1.12 bits per heavy atom. The van der Waals surface area contributed by atoms with E-state index < -0.39 is 36.1 Å². The van der Waals surface area contributed by atoms with Crippen LogP contribution < -0.4 is 5.32 Å². The maximum atomic E-state index is 13.2. The van der Waals surface area contributed by atoms with E-state index in [1.54, 1.807) is 24.1 Å². The number of nitrogens with one attached hydrogen (secondary N) is 1. The molecule has 0 radical (unpaired) electrons. The van der Waals surface area contributed by atoms with Gasteiger partial charge in [-0.15, -0.1) is 0 Å². The van der Waals surface area contributed by atoms with Crippen LogP contribution in [0.4, 0.5) is 5.82 Å². The molecule has 3 aliphatic heterocycles. The average Bonchev–Trinajstić information content (AvgIpc) is 3.01. The number of carbonyl (C=O) groups excluding carboxylic acids is 3. The van der Waals surface area contributed by atoms with Crippen molar-refractivity contribution in [1.29, 1.82) is 0 Å². The largest absolute Gasteiger partial charge is 0.500 e. The number of Topliss-reactive ketones (excluding diaryl/α,β-unsaturated/α-hetero) is 1. The van der Waals surface area contributed by atoms with Crippen LogP contribution in [0.15, 0.2) is 30.0 Å². The Balaban J connectivity index is 1.49. The molecule has 0 spiro atoms. The van der Waals surface area contributed by atoms with Crippen molar-refractivity contribution >= 4 is 30.5 Å². The van der Waals surface area contributed by atoms with Crippen molar-refractivity contribution in [3.63, 3.8) is 0 Å². The van der Waals surface area contributed by atoms with Crippen molar-refractivity contribution in [2.24, 2.45) is 0 Å². The number of anilines is 1. The Hall–Kier alpha value is -2.76. The van der Waals surface area contributed by atoms with Crippen LogP contribution in [0.2, 0.25) is 0 Å². The van der Waals surface area contributed by atoms with Crippen LogP contribution in [0.25, 0.3) is 0 Å². The zero-order chi connectivity index (χ0) is 24.0. The fourth-order valence-electron chi connectivity index (χ4n) is 3.80. The van der Waals surface area contributed by atoms with E-state index in [1.807, 2.05) is 27.7 Å². The molecule has 1 aromatic rings. The molecule has 1 N–H and O–H groups in total. The molecule has 2 saturated heterocycles. The highest BCUT2D eigenvalue weighted by molar-refractivity contribution is 6.63. The quantitative estimate of drug-likeness (QED) is 0.526. The lowest BCUT2D eigenvalue weighted by Gasteiger charge is -2.32. The molecular weight excluding hydrogens is 427 g/mol. The van der Waals surface area contributed by atoms with Crippen molar-refractivity contribution in [3.8, 4) is 0 Å². The lowest BCUT2D eigenvalue weighted by molar-refractivity contribution is -0.133. The van der Waals surface area contributed by atoms with Crippen LogP contribution in [-0.4, -0.2) is 90.1 Å². The zero-order valence-corrected chi connectivity index (χ0v) is 19.6. The fourth-order valence-corrected chi connectivity index (χ4v) is 3.80. The minimum absolute atomic E-state index is 0.132. The molecule has 0 bridgehead atoms. The third-order valence-corrected chi connectivity index (χ3v) is 6.58. The normalized spacial score (nSPS) is 24.7. The first-order valence-corrected chi connectivity index (χ1v) is 11.0. The zero-order valence-electron chi connectivity index (χ0n) is 19.6. The molecule has 1 aromatic heterocycles. The third-order valence-electron chi connectivity index (χ3n) is 6.58. The van der Waals surface area contributed by atoms with Crippen LogP contribution in [0.1, 0.15) is 38.1 Å². The Labute approximate surface area is 193 Å². The van der Waals surface area contributed by atoms with Crippen LogP contribution in [0, 0.1) is 0 Å². The molecule has 4 heterocycles. The predicted molar refractivity (Wildman–Crippen MR) is 120 cm³/mol. The molecule has 1 atom stereocenters. The second-order valence-corrected chi connectivity index (χ2v) is 9.40. The number of likely N-dealkylation sites (N-methyl/N-ethyl adjacent to an activating group) is 1. The molecule has 0 aromatic carbocycles. The van der Waals surface area contributed by atoms with Crippen LogP contribution in [-0.2, 0) is 23.6 Å². The third kappa shape index (κ3) is 4.40. The van der Waals surface area contributed by atoms with Crippen molar-refractivity contribution in [1.82, 2.24) is 14.8 Å². The number of hydrogen-bond acceptors (Lipinski definition) is 8. The first-order chi connectivity index (χ1) is 15.5. The topological polar surface area (TPSA) is 110 Å². The summed E-state index contributed by atoms with van der Waals surface area (Å²) in [4.78, 5) is 45.9. The maximum Gasteiger partial charge on any atom is 0.500 e. The maximum absolute atomic E-state index is 13.2. The monoisotopic (exact) mass is 456 g/mol. The van der Waals surface area contributed by atoms with Gasteiger partial charge in [-0.3, -0.25) is 14.4 Å². The number of hydrogen-bond donors (Lipinski definition) is 1. The van der Waals surface area contributed by atoms with Gasteiger partial charge in [0, 0.05) is 38.0 Å². The van der Waals surface area contributed by atoms with E-state index in [0.29, 0.717) is 37.7 Å². The summed E-state index contributed by atoms with van der Waals surface area (Å²) in [6, 6.07) is 2.03. The molecule has 1 unspecified atom stereocenters. The minimum Gasteiger partial charge on any atom is -0.399 e. The molecule has 0 aliphatic carbocycles. The minimum atomic E-state index is -1.18. The summed E-state index contributed by atoms with van der Waals surface area (Å²) in [5, 5.41) is 2.90. The molecule has 4 rings (SSSR count). The molecule has 3 aliphatic rings. The number of pyridine rings is 1. The van der Waals surface area contributed by atoms with Crippen LogP contribution in [0.5, 0.6) is 0 Å². The van der Waals surface area contributed by atoms with E-state index in [-0.39, 0.29) is 11.4 Å². The molecular formula is C22H29BN4O6. The van der Waals surface area contributed by atoms with Gasteiger partial charge in [-0.05, 0) is 39.8 Å². The second-order valence-electron chi connectivity index (χ2n) is 9.40. The predicted octanol–water partition coefficient (Wildman–Crippen LogP) is 0.891. The number of carbonyl (C=O) groups is 3. The van der Waals surface area contributed by atoms with Gasteiger partial charge in [-0.2, -0.15) is 0 Å². The van der Waals surface area contributed by atoms with Gasteiger partial charge in [0.15, 0.2) is 11.8 Å². The summed E-state index contributed by atoms with van der Waals surface area (Å²) in [6.07, 6.45) is 2.90. The highest BCUT2D eigenvalue weighted by atomic mass is 16.7. The highest BCUT2D eigenvalue weighted by Crippen LogP contribution is 2.39. The Bertz CT molecular complexity index is 971. The number of ketones is 1. The van der Waals surface area contributed by atoms with Crippen molar-refractivity contribution in [3.05, 3.63) is 35.6 Å². The smallest absolute Gasteiger partial charge is 0.399 e. The molecule has 11 heteroatoms. The summed E-state index contributed by atoms with van der Waals surface area (Å²) in [6.45, 7) is 9.68. The molecule has 2 amide bonds. The van der Waals surface area contributed by atoms with E-state index in [4.69, 9.17) is 14.0 Å². The first-order valence-electron chi connectivity index (χ1n) is 11.0. The van der Waals surface area contributed by atoms with Crippen molar-refractivity contribution in [2.45, 2.75) is 44.9 Å². The van der Waals surface area contributed by atoms with Gasteiger partial charge < -0.3 is 29.2 Å². The lowest BCUT2D eigenvalue weighted by atomic mass is 9.73. The number of aromatic nitrogens is 1. The number of amides is 2. The van der Waals surface area contributed by atoms with Crippen molar-refractivity contribution < 1.29 is 28.4 Å². The van der Waals surface area contributed by atoms with Gasteiger partial charge >= 0.3 is 7.12 Å². The van der Waals surface area contributed by atoms with Gasteiger partial charge in [0.05, 0.1) is 30.0 Å². The SMILES string of the molecule is CN1C=C(B2OC(C)(C)C(C)(C)O2)C(=O)C(Nc2ccc(C(=O)N3CCOCC3)cn2)C1=O. The van der Waals surface area contributed by atoms with Gasteiger partial charge in [-0.25, -0.2) is 4.98 Å². The summed E-state index contributed by atoms with van der Waals surface area (Å²) >= 11 is 0. The van der Waals surface area contributed by atoms with Gasteiger partial charge in [-0.1, -0.05) is 0 Å². The number of nitrogens with zero attached hydrogens (tertiary/aromatic N) is 3. The van der Waals surface area contributed by atoms with E-state index in [1.165, 1.54) is 17.3 Å². The second kappa shape index (κ2) is 8.55. The Morgan fingerprint density at radius 2 is 1.76 bits per heavy atom. The summed E-state index contributed by atoms with van der Waals surface area (Å²) in [7, 11) is 0.690. The summed E-state index contributed by atoms with van der Waals surface area (Å²) < 4.78 is 17.3. The van der Waals surface area contributed by atoms with E-state index in [0.717, 1.165) is 0 Å².